The first-order valence-electron chi connectivity index (χ1n) is 6.97. The van der Waals surface area contributed by atoms with Crippen molar-refractivity contribution in [3.8, 4) is 0 Å². The van der Waals surface area contributed by atoms with E-state index in [1.54, 1.807) is 17.1 Å². The standard InChI is InChI=1S/C17H15N3OS2/c1-22-14-9-5-8-13(10-14)18-16(21)15-11-23-17(20-15)19-12-6-3-2-4-7-12/h2-11H,1H3,(H,18,21)(H,19,20). The van der Waals surface area contributed by atoms with Crippen LogP contribution in [0.5, 0.6) is 0 Å². The van der Waals surface area contributed by atoms with Crippen LogP contribution in [0.3, 0.4) is 0 Å². The molecule has 0 unspecified atom stereocenters. The van der Waals surface area contributed by atoms with E-state index in [1.165, 1.54) is 11.3 Å². The van der Waals surface area contributed by atoms with Gasteiger partial charge in [-0.25, -0.2) is 4.98 Å². The molecule has 4 nitrogen and oxygen atoms in total. The molecule has 23 heavy (non-hydrogen) atoms. The predicted molar refractivity (Wildman–Crippen MR) is 98.0 cm³/mol. The van der Waals surface area contributed by atoms with Crippen molar-refractivity contribution in [2.75, 3.05) is 16.9 Å². The molecular formula is C17H15N3OS2. The zero-order chi connectivity index (χ0) is 16.1. The van der Waals surface area contributed by atoms with Crippen LogP contribution in [0, 0.1) is 0 Å². The number of aromatic nitrogens is 1. The topological polar surface area (TPSA) is 54.0 Å². The summed E-state index contributed by atoms with van der Waals surface area (Å²) >= 11 is 3.04. The zero-order valence-electron chi connectivity index (χ0n) is 12.4. The highest BCUT2D eigenvalue weighted by atomic mass is 32.2. The monoisotopic (exact) mass is 341 g/mol. The highest BCUT2D eigenvalue weighted by molar-refractivity contribution is 7.98. The van der Waals surface area contributed by atoms with Gasteiger partial charge < -0.3 is 10.6 Å². The van der Waals surface area contributed by atoms with E-state index >= 15 is 0 Å². The highest BCUT2D eigenvalue weighted by Gasteiger charge is 2.11. The first-order valence-corrected chi connectivity index (χ1v) is 9.08. The average molecular weight is 341 g/mol. The molecule has 0 atom stereocenters. The molecule has 0 aliphatic rings. The predicted octanol–water partition coefficient (Wildman–Crippen LogP) is 4.86. The number of hydrogen-bond donors (Lipinski definition) is 2. The fourth-order valence-corrected chi connectivity index (χ4v) is 3.15. The quantitative estimate of drug-likeness (QED) is 0.651. The minimum Gasteiger partial charge on any atom is -0.332 e. The Balaban J connectivity index is 1.68. The molecule has 0 radical (unpaired) electrons. The van der Waals surface area contributed by atoms with Gasteiger partial charge in [0.05, 0.1) is 0 Å². The van der Waals surface area contributed by atoms with Crippen molar-refractivity contribution < 1.29 is 4.79 Å². The molecule has 1 amide bonds. The maximum atomic E-state index is 12.3. The fourth-order valence-electron chi connectivity index (χ4n) is 1.98. The lowest BCUT2D eigenvalue weighted by molar-refractivity contribution is 0.102. The number of benzene rings is 2. The van der Waals surface area contributed by atoms with E-state index < -0.39 is 0 Å². The van der Waals surface area contributed by atoms with E-state index in [0.29, 0.717) is 10.8 Å². The molecule has 0 bridgehead atoms. The van der Waals surface area contributed by atoms with E-state index in [0.717, 1.165) is 16.3 Å². The van der Waals surface area contributed by atoms with Gasteiger partial charge in [-0.1, -0.05) is 24.3 Å². The summed E-state index contributed by atoms with van der Waals surface area (Å²) in [5.41, 5.74) is 2.12. The van der Waals surface area contributed by atoms with Crippen molar-refractivity contribution in [2.24, 2.45) is 0 Å². The molecule has 1 heterocycles. The lowest BCUT2D eigenvalue weighted by Gasteiger charge is -2.05. The largest absolute Gasteiger partial charge is 0.332 e. The van der Waals surface area contributed by atoms with Gasteiger partial charge in [0, 0.05) is 21.7 Å². The first-order chi connectivity index (χ1) is 11.2. The van der Waals surface area contributed by atoms with Gasteiger partial charge in [0.2, 0.25) is 0 Å². The Labute approximate surface area is 143 Å². The van der Waals surface area contributed by atoms with Crippen molar-refractivity contribution in [1.29, 1.82) is 0 Å². The van der Waals surface area contributed by atoms with Gasteiger partial charge in [0.15, 0.2) is 5.13 Å². The number of rotatable bonds is 5. The number of nitrogens with one attached hydrogen (secondary N) is 2. The molecule has 116 valence electrons. The Hall–Kier alpha value is -2.31. The second kappa shape index (κ2) is 7.30. The molecule has 2 N–H and O–H groups in total. The van der Waals surface area contributed by atoms with E-state index in [4.69, 9.17) is 0 Å². The van der Waals surface area contributed by atoms with Crippen LogP contribution < -0.4 is 10.6 Å². The lowest BCUT2D eigenvalue weighted by atomic mass is 10.3. The van der Waals surface area contributed by atoms with Gasteiger partial charge in [0.25, 0.3) is 5.91 Å². The molecule has 3 aromatic rings. The number of thioether (sulfide) groups is 1. The summed E-state index contributed by atoms with van der Waals surface area (Å²) in [6.45, 7) is 0. The average Bonchev–Trinajstić information content (AvgIpc) is 3.04. The fraction of sp³-hybridized carbons (Fsp3) is 0.0588. The SMILES string of the molecule is CSc1cccc(NC(=O)c2csc(Nc3ccccc3)n2)c1. The number of thiazole rings is 1. The van der Waals surface area contributed by atoms with Crippen LogP contribution >= 0.6 is 23.1 Å². The second-order valence-corrected chi connectivity index (χ2v) is 6.45. The number of hydrogen-bond acceptors (Lipinski definition) is 5. The molecule has 2 aromatic carbocycles. The van der Waals surface area contributed by atoms with Crippen LogP contribution in [0.15, 0.2) is 64.9 Å². The molecule has 0 aliphatic carbocycles. The third-order valence-electron chi connectivity index (χ3n) is 3.09. The molecule has 0 saturated carbocycles. The third kappa shape index (κ3) is 4.12. The summed E-state index contributed by atoms with van der Waals surface area (Å²) in [6.07, 6.45) is 2.00. The van der Waals surface area contributed by atoms with Crippen molar-refractivity contribution in [3.05, 3.63) is 65.7 Å². The Kier molecular flexibility index (Phi) is 4.95. The normalized spacial score (nSPS) is 10.3. The van der Waals surface area contributed by atoms with Gasteiger partial charge >= 0.3 is 0 Å². The summed E-state index contributed by atoms with van der Waals surface area (Å²) in [5.74, 6) is -0.208. The molecule has 3 rings (SSSR count). The van der Waals surface area contributed by atoms with Crippen molar-refractivity contribution in [2.45, 2.75) is 4.90 Å². The minimum absolute atomic E-state index is 0.208. The Bertz CT molecular complexity index is 802. The minimum atomic E-state index is -0.208. The van der Waals surface area contributed by atoms with Gasteiger partial charge in [-0.15, -0.1) is 23.1 Å². The third-order valence-corrected chi connectivity index (χ3v) is 4.57. The molecule has 1 aromatic heterocycles. The van der Waals surface area contributed by atoms with E-state index in [-0.39, 0.29) is 5.91 Å². The van der Waals surface area contributed by atoms with Crippen LogP contribution in [0.2, 0.25) is 0 Å². The van der Waals surface area contributed by atoms with Crippen LogP contribution in [0.1, 0.15) is 10.5 Å². The molecular weight excluding hydrogens is 326 g/mol. The number of nitrogens with zero attached hydrogens (tertiary/aromatic N) is 1. The second-order valence-electron chi connectivity index (χ2n) is 4.72. The maximum absolute atomic E-state index is 12.3. The number of anilines is 3. The summed E-state index contributed by atoms with van der Waals surface area (Å²) in [5, 5.41) is 8.50. The van der Waals surface area contributed by atoms with Crippen LogP contribution in [0.25, 0.3) is 0 Å². The van der Waals surface area contributed by atoms with Gasteiger partial charge in [0.1, 0.15) is 5.69 Å². The molecule has 0 saturated heterocycles. The van der Waals surface area contributed by atoms with Crippen molar-refractivity contribution >= 4 is 45.5 Å². The molecule has 0 aliphatic heterocycles. The van der Waals surface area contributed by atoms with E-state index in [9.17, 15) is 4.79 Å². The van der Waals surface area contributed by atoms with Crippen molar-refractivity contribution in [1.82, 2.24) is 4.98 Å². The number of amides is 1. The Morgan fingerprint density at radius 2 is 1.87 bits per heavy atom. The summed E-state index contributed by atoms with van der Waals surface area (Å²) < 4.78 is 0. The lowest BCUT2D eigenvalue weighted by Crippen LogP contribution is -2.12. The van der Waals surface area contributed by atoms with Gasteiger partial charge in [-0.05, 0) is 36.6 Å². The molecule has 6 heteroatoms. The first kappa shape index (κ1) is 15.6. The summed E-state index contributed by atoms with van der Waals surface area (Å²) in [4.78, 5) is 17.7. The maximum Gasteiger partial charge on any atom is 0.275 e. The zero-order valence-corrected chi connectivity index (χ0v) is 14.1. The molecule has 0 fully saturated rings. The van der Waals surface area contributed by atoms with Gasteiger partial charge in [-0.2, -0.15) is 0 Å². The van der Waals surface area contributed by atoms with E-state index in [1.807, 2.05) is 60.9 Å². The number of carbonyl (C=O) groups is 1. The van der Waals surface area contributed by atoms with E-state index in [2.05, 4.69) is 15.6 Å². The number of carbonyl (C=O) groups excluding carboxylic acids is 1. The van der Waals surface area contributed by atoms with Gasteiger partial charge in [-0.3, -0.25) is 4.79 Å². The molecule has 0 spiro atoms. The summed E-state index contributed by atoms with van der Waals surface area (Å²) in [7, 11) is 0. The Morgan fingerprint density at radius 3 is 2.65 bits per heavy atom. The van der Waals surface area contributed by atoms with Crippen LogP contribution in [-0.2, 0) is 0 Å². The highest BCUT2D eigenvalue weighted by Crippen LogP contribution is 2.22. The Morgan fingerprint density at radius 1 is 1.09 bits per heavy atom. The number of para-hydroxylation sites is 1. The van der Waals surface area contributed by atoms with Crippen LogP contribution in [0.4, 0.5) is 16.5 Å². The smallest absolute Gasteiger partial charge is 0.275 e. The summed E-state index contributed by atoms with van der Waals surface area (Å²) in [6, 6.07) is 17.5. The van der Waals surface area contributed by atoms with Crippen molar-refractivity contribution in [3.63, 3.8) is 0 Å². The van der Waals surface area contributed by atoms with Crippen LogP contribution in [-0.4, -0.2) is 17.1 Å².